The molecule has 3 rings (SSSR count). The Balaban J connectivity index is 2.01. The molecule has 1 aromatic heterocycles. The maximum Gasteiger partial charge on any atom is 0.161 e. The molecule has 1 aliphatic rings. The van der Waals surface area contributed by atoms with Gasteiger partial charge in [0.15, 0.2) is 5.82 Å². The van der Waals surface area contributed by atoms with Crippen LogP contribution in [0, 0.1) is 3.57 Å². The van der Waals surface area contributed by atoms with E-state index in [1.54, 1.807) is 11.8 Å². The first-order valence-corrected chi connectivity index (χ1v) is 9.46. The molecule has 2 aromatic rings. The van der Waals surface area contributed by atoms with Crippen molar-refractivity contribution in [1.82, 2.24) is 9.97 Å². The van der Waals surface area contributed by atoms with Gasteiger partial charge in [-0.15, -0.1) is 11.8 Å². The highest BCUT2D eigenvalue weighted by molar-refractivity contribution is 14.1. The van der Waals surface area contributed by atoms with Crippen molar-refractivity contribution in [1.29, 1.82) is 0 Å². The summed E-state index contributed by atoms with van der Waals surface area (Å²) in [6.45, 7) is 0. The Morgan fingerprint density at radius 1 is 1.14 bits per heavy atom. The zero-order valence-corrected chi connectivity index (χ0v) is 14.9. The third-order valence-electron chi connectivity index (χ3n) is 3.99. The molecule has 0 atom stereocenters. The highest BCUT2D eigenvalue weighted by Gasteiger charge is 2.23. The SMILES string of the molecule is CSc1ccc(-c2nc(N)c(I)c(C3CCCC3)n2)cc1. The van der Waals surface area contributed by atoms with Gasteiger partial charge in [-0.05, 0) is 53.8 Å². The summed E-state index contributed by atoms with van der Waals surface area (Å²) in [4.78, 5) is 10.6. The molecule has 0 aliphatic heterocycles. The molecule has 1 heterocycles. The molecule has 3 nitrogen and oxygen atoms in total. The van der Waals surface area contributed by atoms with Crippen molar-refractivity contribution in [2.24, 2.45) is 0 Å². The van der Waals surface area contributed by atoms with Gasteiger partial charge < -0.3 is 5.73 Å². The number of halogens is 1. The second-order valence-electron chi connectivity index (χ2n) is 5.34. The van der Waals surface area contributed by atoms with Crippen LogP contribution in [0.25, 0.3) is 11.4 Å². The fraction of sp³-hybridized carbons (Fsp3) is 0.375. The Morgan fingerprint density at radius 3 is 2.43 bits per heavy atom. The summed E-state index contributed by atoms with van der Waals surface area (Å²) in [6.07, 6.45) is 7.10. The molecule has 0 saturated heterocycles. The minimum Gasteiger partial charge on any atom is -0.383 e. The fourth-order valence-corrected chi connectivity index (χ4v) is 3.91. The van der Waals surface area contributed by atoms with E-state index < -0.39 is 0 Å². The summed E-state index contributed by atoms with van der Waals surface area (Å²) < 4.78 is 1.03. The summed E-state index contributed by atoms with van der Waals surface area (Å²) in [5.41, 5.74) is 8.30. The van der Waals surface area contributed by atoms with E-state index >= 15 is 0 Å². The lowest BCUT2D eigenvalue weighted by Gasteiger charge is -2.14. The topological polar surface area (TPSA) is 51.8 Å². The molecular formula is C16H18IN3S. The van der Waals surface area contributed by atoms with Gasteiger partial charge in [0, 0.05) is 16.4 Å². The van der Waals surface area contributed by atoms with Crippen LogP contribution in [0.1, 0.15) is 37.3 Å². The van der Waals surface area contributed by atoms with Gasteiger partial charge in [0.25, 0.3) is 0 Å². The van der Waals surface area contributed by atoms with Gasteiger partial charge in [-0.3, -0.25) is 0 Å². The van der Waals surface area contributed by atoms with Crippen molar-refractivity contribution in [2.45, 2.75) is 36.5 Å². The highest BCUT2D eigenvalue weighted by atomic mass is 127. The number of nitrogen functional groups attached to an aromatic ring is 1. The van der Waals surface area contributed by atoms with E-state index in [9.17, 15) is 0 Å². The number of rotatable bonds is 3. The number of benzene rings is 1. The Kier molecular flexibility index (Phi) is 4.69. The Bertz CT molecular complexity index is 637. The monoisotopic (exact) mass is 411 g/mol. The van der Waals surface area contributed by atoms with Gasteiger partial charge in [0.05, 0.1) is 9.26 Å². The van der Waals surface area contributed by atoms with E-state index in [1.165, 1.54) is 30.6 Å². The third-order valence-corrected chi connectivity index (χ3v) is 5.84. The van der Waals surface area contributed by atoms with E-state index in [1.807, 2.05) is 0 Å². The van der Waals surface area contributed by atoms with Gasteiger partial charge in [-0.2, -0.15) is 0 Å². The molecule has 1 fully saturated rings. The van der Waals surface area contributed by atoms with Gasteiger partial charge in [0.2, 0.25) is 0 Å². The first kappa shape index (κ1) is 15.1. The number of hydrogen-bond donors (Lipinski definition) is 1. The second kappa shape index (κ2) is 6.52. The molecular weight excluding hydrogens is 393 g/mol. The molecule has 1 saturated carbocycles. The number of hydrogen-bond acceptors (Lipinski definition) is 4. The van der Waals surface area contributed by atoms with Crippen LogP contribution >= 0.6 is 34.4 Å². The molecule has 0 bridgehead atoms. The smallest absolute Gasteiger partial charge is 0.161 e. The predicted octanol–water partition coefficient (Wildman–Crippen LogP) is 4.71. The first-order chi connectivity index (χ1) is 10.2. The maximum atomic E-state index is 6.12. The van der Waals surface area contributed by atoms with Crippen molar-refractivity contribution < 1.29 is 0 Å². The van der Waals surface area contributed by atoms with Crippen LogP contribution in [-0.2, 0) is 0 Å². The Labute approximate surface area is 143 Å². The standard InChI is InChI=1S/C16H18IN3S/c1-21-12-8-6-11(7-9-12)16-19-14(10-4-2-3-5-10)13(17)15(18)20-16/h6-10H,2-5H2,1H3,(H2,18,19,20). The minimum absolute atomic E-state index is 0.548. The predicted molar refractivity (Wildman–Crippen MR) is 97.6 cm³/mol. The summed E-state index contributed by atoms with van der Waals surface area (Å²) in [5, 5.41) is 0. The number of aromatic nitrogens is 2. The van der Waals surface area contributed by atoms with E-state index in [-0.39, 0.29) is 0 Å². The average molecular weight is 411 g/mol. The molecule has 0 amide bonds. The molecule has 110 valence electrons. The summed E-state index contributed by atoms with van der Waals surface area (Å²) in [5.74, 6) is 1.91. The lowest BCUT2D eigenvalue weighted by molar-refractivity contribution is 0.691. The van der Waals surface area contributed by atoms with E-state index in [0.29, 0.717) is 11.7 Å². The van der Waals surface area contributed by atoms with Crippen LogP contribution in [0.2, 0.25) is 0 Å². The van der Waals surface area contributed by atoms with Crippen molar-refractivity contribution in [3.8, 4) is 11.4 Å². The van der Waals surface area contributed by atoms with Crippen LogP contribution in [0.15, 0.2) is 29.2 Å². The van der Waals surface area contributed by atoms with Gasteiger partial charge in [-0.25, -0.2) is 9.97 Å². The van der Waals surface area contributed by atoms with Crippen molar-refractivity contribution in [3.63, 3.8) is 0 Å². The molecule has 0 unspecified atom stereocenters. The molecule has 0 spiro atoms. The average Bonchev–Trinajstić information content (AvgIpc) is 3.04. The van der Waals surface area contributed by atoms with Crippen LogP contribution < -0.4 is 5.73 Å². The molecule has 21 heavy (non-hydrogen) atoms. The lowest BCUT2D eigenvalue weighted by atomic mass is 10.0. The van der Waals surface area contributed by atoms with Crippen molar-refractivity contribution >= 4 is 40.2 Å². The maximum absolute atomic E-state index is 6.12. The Hall–Kier alpha value is -0.820. The van der Waals surface area contributed by atoms with Crippen LogP contribution in [0.3, 0.4) is 0 Å². The van der Waals surface area contributed by atoms with Gasteiger partial charge >= 0.3 is 0 Å². The molecule has 1 aliphatic carbocycles. The largest absolute Gasteiger partial charge is 0.383 e. The van der Waals surface area contributed by atoms with E-state index in [4.69, 9.17) is 10.7 Å². The van der Waals surface area contributed by atoms with E-state index in [0.717, 1.165) is 20.7 Å². The van der Waals surface area contributed by atoms with Crippen molar-refractivity contribution in [3.05, 3.63) is 33.5 Å². The zero-order chi connectivity index (χ0) is 14.8. The zero-order valence-electron chi connectivity index (χ0n) is 12.0. The molecule has 1 aromatic carbocycles. The molecule has 2 N–H and O–H groups in total. The van der Waals surface area contributed by atoms with Crippen LogP contribution in [0.5, 0.6) is 0 Å². The highest BCUT2D eigenvalue weighted by Crippen LogP contribution is 2.37. The van der Waals surface area contributed by atoms with Gasteiger partial charge in [-0.1, -0.05) is 25.0 Å². The molecule has 0 radical (unpaired) electrons. The normalized spacial score (nSPS) is 15.5. The third kappa shape index (κ3) is 3.18. The summed E-state index contributed by atoms with van der Waals surface area (Å²) in [7, 11) is 0. The van der Waals surface area contributed by atoms with E-state index in [2.05, 4.69) is 58.1 Å². The van der Waals surface area contributed by atoms with Crippen molar-refractivity contribution in [2.75, 3.05) is 12.0 Å². The lowest BCUT2D eigenvalue weighted by Crippen LogP contribution is -2.07. The van der Waals surface area contributed by atoms with Crippen LogP contribution in [0.4, 0.5) is 5.82 Å². The number of nitrogens with zero attached hydrogens (tertiary/aromatic N) is 2. The quantitative estimate of drug-likeness (QED) is 0.587. The summed E-state index contributed by atoms with van der Waals surface area (Å²) >= 11 is 4.02. The number of anilines is 1. The Morgan fingerprint density at radius 2 is 1.81 bits per heavy atom. The van der Waals surface area contributed by atoms with Gasteiger partial charge in [0.1, 0.15) is 5.82 Å². The number of thioether (sulfide) groups is 1. The summed E-state index contributed by atoms with van der Waals surface area (Å²) in [6, 6.07) is 8.36. The number of nitrogens with two attached hydrogens (primary N) is 1. The fourth-order valence-electron chi connectivity index (χ4n) is 2.82. The van der Waals surface area contributed by atoms with Crippen LogP contribution in [-0.4, -0.2) is 16.2 Å². The minimum atomic E-state index is 0.548. The first-order valence-electron chi connectivity index (χ1n) is 7.16. The molecule has 5 heteroatoms. The second-order valence-corrected chi connectivity index (χ2v) is 7.30.